The van der Waals surface area contributed by atoms with Crippen LogP contribution in [0.1, 0.15) is 68.6 Å². The molecule has 2 aliphatic rings. The van der Waals surface area contributed by atoms with Crippen molar-refractivity contribution in [2.45, 2.75) is 75.3 Å². The van der Waals surface area contributed by atoms with E-state index in [1.807, 2.05) is 0 Å². The third-order valence-electron chi connectivity index (χ3n) is 5.94. The number of nitrogens with zero attached hydrogens (tertiary/aromatic N) is 1. The molecule has 1 aromatic carbocycles. The Bertz CT molecular complexity index is 887. The third-order valence-corrected chi connectivity index (χ3v) is 7.86. The number of rotatable bonds is 7. The van der Waals surface area contributed by atoms with E-state index >= 15 is 0 Å². The summed E-state index contributed by atoms with van der Waals surface area (Å²) in [6, 6.07) is 4.26. The molecule has 8 nitrogen and oxygen atoms in total. The second kappa shape index (κ2) is 10.5. The molecule has 1 saturated heterocycles. The topological polar surface area (TPSA) is 102 Å². The summed E-state index contributed by atoms with van der Waals surface area (Å²) in [4.78, 5) is 25.1. The molecule has 172 valence electrons. The van der Waals surface area contributed by atoms with Crippen molar-refractivity contribution >= 4 is 21.9 Å². The van der Waals surface area contributed by atoms with Crippen LogP contribution in [-0.4, -0.2) is 56.9 Å². The third kappa shape index (κ3) is 5.77. The second-order valence-corrected chi connectivity index (χ2v) is 10.1. The van der Waals surface area contributed by atoms with Crippen molar-refractivity contribution in [3.8, 4) is 5.75 Å². The van der Waals surface area contributed by atoms with Gasteiger partial charge in [0.1, 0.15) is 10.6 Å². The highest BCUT2D eigenvalue weighted by Crippen LogP contribution is 2.30. The molecule has 1 saturated carbocycles. The standard InChI is InChI=1S/C22H32N2O6S/c1-16(21(25)23-18-9-5-3-4-6-10-18)30-22(26)17-11-12-19(29-2)20(15-17)31(27,28)24-13-7-8-14-24/h11-12,15-16,18H,3-10,13-14H2,1-2H3,(H,23,25)/t16-/m0/s1. The average molecular weight is 453 g/mol. The molecule has 1 N–H and O–H groups in total. The van der Waals surface area contributed by atoms with Gasteiger partial charge in [0.15, 0.2) is 6.10 Å². The summed E-state index contributed by atoms with van der Waals surface area (Å²) in [5.74, 6) is -0.912. The summed E-state index contributed by atoms with van der Waals surface area (Å²) in [5.41, 5.74) is 0.0627. The Morgan fingerprint density at radius 1 is 1.06 bits per heavy atom. The first-order valence-corrected chi connectivity index (χ1v) is 12.5. The van der Waals surface area contributed by atoms with Crippen molar-refractivity contribution in [2.75, 3.05) is 20.2 Å². The molecule has 0 spiro atoms. The molecule has 1 aromatic rings. The van der Waals surface area contributed by atoms with E-state index in [2.05, 4.69) is 5.32 Å². The predicted octanol–water partition coefficient (Wildman–Crippen LogP) is 2.86. The molecule has 1 aliphatic carbocycles. The molecule has 0 radical (unpaired) electrons. The zero-order valence-corrected chi connectivity index (χ0v) is 19.1. The lowest BCUT2D eigenvalue weighted by atomic mass is 10.1. The maximum atomic E-state index is 13.0. The number of nitrogens with one attached hydrogen (secondary N) is 1. The van der Waals surface area contributed by atoms with Crippen molar-refractivity contribution in [3.63, 3.8) is 0 Å². The van der Waals surface area contributed by atoms with E-state index in [9.17, 15) is 18.0 Å². The number of carbonyl (C=O) groups excluding carboxylic acids is 2. The fraction of sp³-hybridized carbons (Fsp3) is 0.636. The number of carbonyl (C=O) groups is 2. The molecule has 31 heavy (non-hydrogen) atoms. The fourth-order valence-corrected chi connectivity index (χ4v) is 5.80. The van der Waals surface area contributed by atoms with E-state index in [1.165, 1.54) is 49.4 Å². The maximum Gasteiger partial charge on any atom is 0.338 e. The van der Waals surface area contributed by atoms with Gasteiger partial charge in [-0.1, -0.05) is 25.7 Å². The number of benzene rings is 1. The van der Waals surface area contributed by atoms with E-state index in [-0.39, 0.29) is 28.2 Å². The summed E-state index contributed by atoms with van der Waals surface area (Å²) in [6.45, 7) is 2.41. The highest BCUT2D eigenvalue weighted by atomic mass is 32.2. The molecule has 0 bridgehead atoms. The van der Waals surface area contributed by atoms with Crippen LogP contribution in [-0.2, 0) is 19.6 Å². The van der Waals surface area contributed by atoms with Crippen LogP contribution in [0.3, 0.4) is 0 Å². The number of amides is 1. The average Bonchev–Trinajstić information content (AvgIpc) is 3.20. The Kier molecular flexibility index (Phi) is 7.94. The van der Waals surface area contributed by atoms with Gasteiger partial charge in [0, 0.05) is 19.1 Å². The summed E-state index contributed by atoms with van der Waals surface area (Å²) >= 11 is 0. The number of methoxy groups -OCH3 is 1. The van der Waals surface area contributed by atoms with Crippen LogP contribution in [0, 0.1) is 0 Å². The highest BCUT2D eigenvalue weighted by Gasteiger charge is 2.31. The Morgan fingerprint density at radius 3 is 2.32 bits per heavy atom. The van der Waals surface area contributed by atoms with Crippen molar-refractivity contribution in [1.82, 2.24) is 9.62 Å². The van der Waals surface area contributed by atoms with E-state index in [0.717, 1.165) is 38.5 Å². The number of ether oxygens (including phenoxy) is 2. The Balaban J connectivity index is 1.70. The molecule has 3 rings (SSSR count). The van der Waals surface area contributed by atoms with Gasteiger partial charge in [0.25, 0.3) is 5.91 Å². The molecule has 1 atom stereocenters. The van der Waals surface area contributed by atoms with Crippen molar-refractivity contribution in [2.24, 2.45) is 0 Å². The summed E-state index contributed by atoms with van der Waals surface area (Å²) < 4.78 is 37.9. The lowest BCUT2D eigenvalue weighted by molar-refractivity contribution is -0.129. The van der Waals surface area contributed by atoms with E-state index in [1.54, 1.807) is 0 Å². The van der Waals surface area contributed by atoms with E-state index < -0.39 is 22.1 Å². The van der Waals surface area contributed by atoms with Crippen LogP contribution in [0.15, 0.2) is 23.1 Å². The van der Waals surface area contributed by atoms with Crippen LogP contribution in [0.2, 0.25) is 0 Å². The van der Waals surface area contributed by atoms with Gasteiger partial charge in [-0.2, -0.15) is 4.31 Å². The molecule has 1 heterocycles. The minimum atomic E-state index is -3.78. The molecule has 0 unspecified atom stereocenters. The van der Waals surface area contributed by atoms with Crippen molar-refractivity contribution in [3.05, 3.63) is 23.8 Å². The van der Waals surface area contributed by atoms with Crippen LogP contribution >= 0.6 is 0 Å². The molecule has 2 fully saturated rings. The van der Waals surface area contributed by atoms with Crippen LogP contribution in [0.5, 0.6) is 5.75 Å². The van der Waals surface area contributed by atoms with E-state index in [0.29, 0.717) is 13.1 Å². The minimum Gasteiger partial charge on any atom is -0.495 e. The monoisotopic (exact) mass is 452 g/mol. The van der Waals surface area contributed by atoms with Gasteiger partial charge in [-0.05, 0) is 50.8 Å². The molecule has 1 amide bonds. The predicted molar refractivity (Wildman–Crippen MR) is 115 cm³/mol. The number of esters is 1. The number of hydrogen-bond acceptors (Lipinski definition) is 6. The highest BCUT2D eigenvalue weighted by molar-refractivity contribution is 7.89. The second-order valence-electron chi connectivity index (χ2n) is 8.22. The van der Waals surface area contributed by atoms with Gasteiger partial charge >= 0.3 is 5.97 Å². The largest absolute Gasteiger partial charge is 0.495 e. The lowest BCUT2D eigenvalue weighted by Crippen LogP contribution is -2.41. The summed E-state index contributed by atoms with van der Waals surface area (Å²) in [6.07, 6.45) is 7.02. The zero-order chi connectivity index (χ0) is 22.4. The number of sulfonamides is 1. The normalized spacial score (nSPS) is 19.4. The first-order valence-electron chi connectivity index (χ1n) is 11.0. The van der Waals surface area contributed by atoms with Crippen LogP contribution in [0.4, 0.5) is 0 Å². The summed E-state index contributed by atoms with van der Waals surface area (Å²) in [7, 11) is -2.40. The smallest absolute Gasteiger partial charge is 0.338 e. The van der Waals surface area contributed by atoms with Gasteiger partial charge in [-0.3, -0.25) is 4.79 Å². The fourth-order valence-electron chi connectivity index (χ4n) is 4.10. The Labute approximate surface area is 184 Å². The van der Waals surface area contributed by atoms with Crippen LogP contribution < -0.4 is 10.1 Å². The van der Waals surface area contributed by atoms with Crippen LogP contribution in [0.25, 0.3) is 0 Å². The van der Waals surface area contributed by atoms with Gasteiger partial charge in [0.05, 0.1) is 12.7 Å². The number of hydrogen-bond donors (Lipinski definition) is 1. The minimum absolute atomic E-state index is 0.0627. The maximum absolute atomic E-state index is 13.0. The van der Waals surface area contributed by atoms with E-state index in [4.69, 9.17) is 9.47 Å². The van der Waals surface area contributed by atoms with Gasteiger partial charge < -0.3 is 14.8 Å². The van der Waals surface area contributed by atoms with Crippen molar-refractivity contribution < 1.29 is 27.5 Å². The molecular weight excluding hydrogens is 420 g/mol. The van der Waals surface area contributed by atoms with Gasteiger partial charge in [-0.15, -0.1) is 0 Å². The zero-order valence-electron chi connectivity index (χ0n) is 18.3. The molecule has 1 aliphatic heterocycles. The van der Waals surface area contributed by atoms with Crippen molar-refractivity contribution in [1.29, 1.82) is 0 Å². The van der Waals surface area contributed by atoms with Gasteiger partial charge in [-0.25, -0.2) is 13.2 Å². The molecule has 0 aromatic heterocycles. The summed E-state index contributed by atoms with van der Waals surface area (Å²) in [5, 5.41) is 2.97. The quantitative estimate of drug-likeness (QED) is 0.504. The molecular formula is C22H32N2O6S. The Morgan fingerprint density at radius 2 is 1.71 bits per heavy atom. The molecule has 9 heteroatoms. The lowest BCUT2D eigenvalue weighted by Gasteiger charge is -2.20. The SMILES string of the molecule is COc1ccc(C(=O)O[C@@H](C)C(=O)NC2CCCCCC2)cc1S(=O)(=O)N1CCCC1. The van der Waals surface area contributed by atoms with Gasteiger partial charge in [0.2, 0.25) is 10.0 Å². The first kappa shape index (κ1) is 23.5. The first-order chi connectivity index (χ1) is 14.8. The Hall–Kier alpha value is -2.13.